The molecule has 0 atom stereocenters. The molecule has 1 N–H and O–H groups in total. The lowest BCUT2D eigenvalue weighted by atomic mass is 10.1. The van der Waals surface area contributed by atoms with Gasteiger partial charge in [0.25, 0.3) is 0 Å². The fourth-order valence-corrected chi connectivity index (χ4v) is 3.51. The standard InChI is InChI=1S/C22H23BrF2N2O5/c1-2-31-22(29)13-32-20-11-17(25)19(27-5-7-30-8-6-27)12-18(20)26-21(28)9-14-3-4-15(23)10-16(14)24/h3-4,10-12H,2,5-9,13H2,1H3,(H,26,28). The molecule has 3 rings (SSSR count). The van der Waals surface area contributed by atoms with Crippen molar-refractivity contribution in [2.75, 3.05) is 49.7 Å². The zero-order valence-electron chi connectivity index (χ0n) is 17.5. The van der Waals surface area contributed by atoms with Gasteiger partial charge in [-0.25, -0.2) is 13.6 Å². The highest BCUT2D eigenvalue weighted by Gasteiger charge is 2.21. The molecule has 172 valence electrons. The SMILES string of the molecule is CCOC(=O)COc1cc(F)c(N2CCOCC2)cc1NC(=O)Cc1ccc(Br)cc1F. The lowest BCUT2D eigenvalue weighted by Crippen LogP contribution is -2.36. The van der Waals surface area contributed by atoms with Gasteiger partial charge in [-0.3, -0.25) is 4.79 Å². The topological polar surface area (TPSA) is 77.1 Å². The van der Waals surface area contributed by atoms with E-state index in [2.05, 4.69) is 21.2 Å². The third-order valence-electron chi connectivity index (χ3n) is 4.69. The van der Waals surface area contributed by atoms with E-state index in [-0.39, 0.29) is 35.7 Å². The average Bonchev–Trinajstić information content (AvgIpc) is 2.76. The summed E-state index contributed by atoms with van der Waals surface area (Å²) in [6, 6.07) is 6.96. The predicted molar refractivity (Wildman–Crippen MR) is 118 cm³/mol. The van der Waals surface area contributed by atoms with Crippen LogP contribution in [0.25, 0.3) is 0 Å². The number of nitrogens with zero attached hydrogens (tertiary/aromatic N) is 1. The smallest absolute Gasteiger partial charge is 0.344 e. The lowest BCUT2D eigenvalue weighted by molar-refractivity contribution is -0.145. The van der Waals surface area contributed by atoms with Crippen LogP contribution in [0, 0.1) is 11.6 Å². The van der Waals surface area contributed by atoms with Gasteiger partial charge in [0.2, 0.25) is 5.91 Å². The molecule has 2 aromatic carbocycles. The summed E-state index contributed by atoms with van der Waals surface area (Å²) < 4.78 is 45.0. The molecule has 1 saturated heterocycles. The molecule has 1 fully saturated rings. The molecule has 0 saturated carbocycles. The maximum atomic E-state index is 14.8. The minimum absolute atomic E-state index is 0.0304. The summed E-state index contributed by atoms with van der Waals surface area (Å²) in [6.45, 7) is 3.25. The normalized spacial score (nSPS) is 13.6. The van der Waals surface area contributed by atoms with Crippen molar-refractivity contribution < 1.29 is 32.6 Å². The molecular formula is C22H23BrF2N2O5. The van der Waals surface area contributed by atoms with Crippen molar-refractivity contribution in [2.24, 2.45) is 0 Å². The highest BCUT2D eigenvalue weighted by molar-refractivity contribution is 9.10. The number of amides is 1. The Balaban J connectivity index is 1.83. The molecule has 0 radical (unpaired) electrons. The number of morpholine rings is 1. The average molecular weight is 513 g/mol. The largest absolute Gasteiger partial charge is 0.480 e. The molecular weight excluding hydrogens is 490 g/mol. The number of hydrogen-bond acceptors (Lipinski definition) is 6. The van der Waals surface area contributed by atoms with Crippen LogP contribution in [0.4, 0.5) is 20.2 Å². The molecule has 0 aliphatic carbocycles. The van der Waals surface area contributed by atoms with Crippen LogP contribution in [0.3, 0.4) is 0 Å². The fourth-order valence-electron chi connectivity index (χ4n) is 3.18. The van der Waals surface area contributed by atoms with Crippen LogP contribution in [0.1, 0.15) is 12.5 Å². The molecule has 0 spiro atoms. The van der Waals surface area contributed by atoms with E-state index in [0.717, 1.165) is 6.07 Å². The van der Waals surface area contributed by atoms with Gasteiger partial charge in [-0.15, -0.1) is 0 Å². The second-order valence-corrected chi connectivity index (χ2v) is 7.87. The van der Waals surface area contributed by atoms with Gasteiger partial charge in [-0.05, 0) is 30.7 Å². The second kappa shape index (κ2) is 11.2. The first-order chi connectivity index (χ1) is 15.4. The molecule has 32 heavy (non-hydrogen) atoms. The zero-order chi connectivity index (χ0) is 23.1. The molecule has 0 bridgehead atoms. The summed E-state index contributed by atoms with van der Waals surface area (Å²) in [5.74, 6) is -2.27. The van der Waals surface area contributed by atoms with Gasteiger partial charge in [0.15, 0.2) is 6.61 Å². The van der Waals surface area contributed by atoms with Crippen LogP contribution < -0.4 is 15.0 Å². The minimum Gasteiger partial charge on any atom is -0.480 e. The van der Waals surface area contributed by atoms with Crippen LogP contribution >= 0.6 is 15.9 Å². The van der Waals surface area contributed by atoms with E-state index < -0.39 is 30.1 Å². The quantitative estimate of drug-likeness (QED) is 0.543. The minimum atomic E-state index is -0.626. The number of benzene rings is 2. The van der Waals surface area contributed by atoms with E-state index in [1.807, 2.05) is 0 Å². The summed E-state index contributed by atoms with van der Waals surface area (Å²) in [6.07, 6.45) is -0.235. The predicted octanol–water partition coefficient (Wildman–Crippen LogP) is 3.69. The van der Waals surface area contributed by atoms with Crippen LogP contribution in [-0.2, 0) is 25.5 Å². The van der Waals surface area contributed by atoms with Crippen molar-refractivity contribution >= 4 is 39.2 Å². The van der Waals surface area contributed by atoms with E-state index in [0.29, 0.717) is 30.8 Å². The van der Waals surface area contributed by atoms with Gasteiger partial charge in [-0.2, -0.15) is 0 Å². The lowest BCUT2D eigenvalue weighted by Gasteiger charge is -2.29. The first kappa shape index (κ1) is 23.9. The number of esters is 1. The van der Waals surface area contributed by atoms with Crippen molar-refractivity contribution in [3.05, 3.63) is 52.0 Å². The Morgan fingerprint density at radius 3 is 2.59 bits per heavy atom. The molecule has 2 aromatic rings. The van der Waals surface area contributed by atoms with Gasteiger partial charge >= 0.3 is 5.97 Å². The number of carbonyl (C=O) groups excluding carboxylic acids is 2. The van der Waals surface area contributed by atoms with Gasteiger partial charge in [0, 0.05) is 23.6 Å². The summed E-state index contributed by atoms with van der Waals surface area (Å²) in [5.41, 5.74) is 0.636. The van der Waals surface area contributed by atoms with Crippen LogP contribution in [0.15, 0.2) is 34.8 Å². The number of carbonyl (C=O) groups is 2. The second-order valence-electron chi connectivity index (χ2n) is 6.95. The molecule has 10 heteroatoms. The Bertz CT molecular complexity index is 983. The Hall–Kier alpha value is -2.72. The van der Waals surface area contributed by atoms with Gasteiger partial charge in [0.1, 0.15) is 17.4 Å². The first-order valence-corrected chi connectivity index (χ1v) is 10.8. The molecule has 1 heterocycles. The number of ether oxygens (including phenoxy) is 3. The van der Waals surface area contributed by atoms with Crippen molar-refractivity contribution in [1.82, 2.24) is 0 Å². The van der Waals surface area contributed by atoms with E-state index in [4.69, 9.17) is 14.2 Å². The summed E-state index contributed by atoms with van der Waals surface area (Å²) >= 11 is 3.17. The van der Waals surface area contributed by atoms with Crippen molar-refractivity contribution in [3.63, 3.8) is 0 Å². The molecule has 0 unspecified atom stereocenters. The van der Waals surface area contributed by atoms with Crippen LogP contribution in [0.2, 0.25) is 0 Å². The van der Waals surface area contributed by atoms with Crippen molar-refractivity contribution in [3.8, 4) is 5.75 Å². The first-order valence-electron chi connectivity index (χ1n) is 10.1. The van der Waals surface area contributed by atoms with Crippen molar-refractivity contribution in [1.29, 1.82) is 0 Å². The summed E-state index contributed by atoms with van der Waals surface area (Å²) in [7, 11) is 0. The third-order valence-corrected chi connectivity index (χ3v) is 5.19. The third kappa shape index (κ3) is 6.39. The van der Waals surface area contributed by atoms with E-state index in [1.165, 1.54) is 18.2 Å². The monoisotopic (exact) mass is 512 g/mol. The highest BCUT2D eigenvalue weighted by Crippen LogP contribution is 2.33. The van der Waals surface area contributed by atoms with Crippen LogP contribution in [-0.4, -0.2) is 51.4 Å². The van der Waals surface area contributed by atoms with E-state index in [9.17, 15) is 18.4 Å². The molecule has 0 aromatic heterocycles. The molecule has 1 amide bonds. The van der Waals surface area contributed by atoms with E-state index in [1.54, 1.807) is 17.9 Å². The van der Waals surface area contributed by atoms with Gasteiger partial charge in [0.05, 0.1) is 37.6 Å². The fraction of sp³-hybridized carbons (Fsp3) is 0.364. The number of nitrogens with one attached hydrogen (secondary N) is 1. The van der Waals surface area contributed by atoms with Gasteiger partial charge < -0.3 is 24.4 Å². The molecule has 7 nitrogen and oxygen atoms in total. The Labute approximate surface area is 192 Å². The maximum Gasteiger partial charge on any atom is 0.344 e. The number of rotatable bonds is 8. The van der Waals surface area contributed by atoms with Crippen molar-refractivity contribution in [2.45, 2.75) is 13.3 Å². The maximum absolute atomic E-state index is 14.8. The number of halogens is 3. The Kier molecular flexibility index (Phi) is 8.40. The van der Waals surface area contributed by atoms with E-state index >= 15 is 0 Å². The van der Waals surface area contributed by atoms with Crippen LogP contribution in [0.5, 0.6) is 5.75 Å². The summed E-state index contributed by atoms with van der Waals surface area (Å²) in [4.78, 5) is 26.1. The number of hydrogen-bond donors (Lipinski definition) is 1. The highest BCUT2D eigenvalue weighted by atomic mass is 79.9. The molecule has 1 aliphatic rings. The number of anilines is 2. The zero-order valence-corrected chi connectivity index (χ0v) is 19.0. The Morgan fingerprint density at radius 2 is 1.91 bits per heavy atom. The Morgan fingerprint density at radius 1 is 1.16 bits per heavy atom. The molecule has 1 aliphatic heterocycles. The summed E-state index contributed by atoms with van der Waals surface area (Å²) in [5, 5.41) is 2.64. The van der Waals surface area contributed by atoms with Gasteiger partial charge in [-0.1, -0.05) is 22.0 Å².